The van der Waals surface area contributed by atoms with Crippen molar-refractivity contribution in [3.8, 4) is 6.07 Å². The van der Waals surface area contributed by atoms with Crippen LogP contribution in [0.1, 0.15) is 37.4 Å². The van der Waals surface area contributed by atoms with E-state index in [2.05, 4.69) is 22.0 Å². The summed E-state index contributed by atoms with van der Waals surface area (Å²) in [6, 6.07) is 7.63. The van der Waals surface area contributed by atoms with Gasteiger partial charge in [0.2, 0.25) is 0 Å². The fraction of sp³-hybridized carbons (Fsp3) is 0.462. The molecule has 0 bridgehead atoms. The quantitative estimate of drug-likeness (QED) is 0.888. The van der Waals surface area contributed by atoms with E-state index in [1.165, 1.54) is 0 Å². The lowest BCUT2D eigenvalue weighted by atomic mass is 9.79. The molecule has 0 aliphatic heterocycles. The van der Waals surface area contributed by atoms with Crippen LogP contribution in [-0.2, 0) is 0 Å². The van der Waals surface area contributed by atoms with Crippen molar-refractivity contribution in [1.82, 2.24) is 0 Å². The van der Waals surface area contributed by atoms with Gasteiger partial charge in [0.05, 0.1) is 22.6 Å². The Morgan fingerprint density at radius 3 is 2.59 bits per heavy atom. The number of benzene rings is 1. The number of rotatable bonds is 2. The molecule has 1 aliphatic rings. The van der Waals surface area contributed by atoms with Gasteiger partial charge in [-0.3, -0.25) is 0 Å². The number of aliphatic hydroxyl groups is 1. The Kier molecular flexibility index (Phi) is 3.77. The average molecular weight is 315 g/mol. The third kappa shape index (κ3) is 2.35. The molecule has 0 aromatic heterocycles. The normalized spacial score (nSPS) is 19.9. The molecule has 0 heterocycles. The van der Waals surface area contributed by atoms with Crippen LogP contribution in [0.4, 0.5) is 0 Å². The van der Waals surface area contributed by atoms with Gasteiger partial charge in [-0.15, -0.1) is 0 Å². The van der Waals surface area contributed by atoms with Gasteiger partial charge in [0.15, 0.2) is 0 Å². The van der Waals surface area contributed by atoms with Crippen LogP contribution in [0.25, 0.3) is 0 Å². The molecule has 1 aliphatic carbocycles. The fourth-order valence-corrected chi connectivity index (χ4v) is 2.97. The Bertz CT molecular complexity index is 463. The highest BCUT2D eigenvalue weighted by Crippen LogP contribution is 2.47. The number of nitriles is 1. The fourth-order valence-electron chi connectivity index (χ4n) is 2.45. The van der Waals surface area contributed by atoms with Crippen LogP contribution >= 0.6 is 27.5 Å². The van der Waals surface area contributed by atoms with E-state index in [1.807, 2.05) is 0 Å². The van der Waals surface area contributed by atoms with Crippen LogP contribution in [0, 0.1) is 16.7 Å². The minimum Gasteiger partial charge on any atom is -0.387 e. The van der Waals surface area contributed by atoms with Gasteiger partial charge in [0.1, 0.15) is 0 Å². The van der Waals surface area contributed by atoms with Crippen LogP contribution in [0.5, 0.6) is 0 Å². The lowest BCUT2D eigenvalue weighted by Gasteiger charge is -2.27. The first kappa shape index (κ1) is 12.9. The van der Waals surface area contributed by atoms with E-state index in [1.54, 1.807) is 18.2 Å². The predicted molar refractivity (Wildman–Crippen MR) is 70.6 cm³/mol. The smallest absolute Gasteiger partial charge is 0.0976 e. The van der Waals surface area contributed by atoms with Gasteiger partial charge in [-0.25, -0.2) is 0 Å². The molecule has 0 saturated heterocycles. The molecule has 1 saturated carbocycles. The van der Waals surface area contributed by atoms with Gasteiger partial charge in [-0.05, 0) is 46.5 Å². The summed E-state index contributed by atoms with van der Waals surface area (Å²) in [6.07, 6.45) is 2.83. The summed E-state index contributed by atoms with van der Waals surface area (Å²) in [6.45, 7) is 0. The molecule has 17 heavy (non-hydrogen) atoms. The summed E-state index contributed by atoms with van der Waals surface area (Å²) in [5.74, 6) is 0. The molecule has 0 spiro atoms. The van der Waals surface area contributed by atoms with Crippen molar-refractivity contribution in [2.75, 3.05) is 0 Å². The molecule has 1 atom stereocenters. The zero-order valence-corrected chi connectivity index (χ0v) is 11.6. The molecular weight excluding hydrogens is 302 g/mol. The molecule has 1 fully saturated rings. The van der Waals surface area contributed by atoms with Gasteiger partial charge in [0.25, 0.3) is 0 Å². The molecule has 1 aromatic rings. The highest BCUT2D eigenvalue weighted by molar-refractivity contribution is 9.10. The molecule has 1 aromatic carbocycles. The monoisotopic (exact) mass is 313 g/mol. The molecule has 2 rings (SSSR count). The Morgan fingerprint density at radius 2 is 2.06 bits per heavy atom. The minimum absolute atomic E-state index is 0.610. The molecule has 1 N–H and O–H groups in total. The van der Waals surface area contributed by atoms with Gasteiger partial charge >= 0.3 is 0 Å². The Morgan fingerprint density at radius 1 is 1.41 bits per heavy atom. The van der Waals surface area contributed by atoms with Gasteiger partial charge in [-0.2, -0.15) is 5.26 Å². The standard InChI is InChI=1S/C13H13BrClNO/c14-10-7-9(3-4-11(10)15)12(17)13(8-16)5-1-2-6-13/h3-4,7,12,17H,1-2,5-6H2. The van der Waals surface area contributed by atoms with E-state index in [9.17, 15) is 10.4 Å². The van der Waals surface area contributed by atoms with Crippen molar-refractivity contribution in [1.29, 1.82) is 5.26 Å². The van der Waals surface area contributed by atoms with E-state index in [4.69, 9.17) is 11.6 Å². The van der Waals surface area contributed by atoms with Crippen molar-refractivity contribution >= 4 is 27.5 Å². The summed E-state index contributed by atoms with van der Waals surface area (Å²) in [5.41, 5.74) is 0.137. The zero-order valence-electron chi connectivity index (χ0n) is 9.29. The Hall–Kier alpha value is -0.560. The van der Waals surface area contributed by atoms with Gasteiger partial charge in [-0.1, -0.05) is 30.5 Å². The number of hydrogen-bond donors (Lipinski definition) is 1. The first-order valence-corrected chi connectivity index (χ1v) is 6.80. The number of nitrogens with zero attached hydrogens (tertiary/aromatic N) is 1. The lowest BCUT2D eigenvalue weighted by Crippen LogP contribution is -2.23. The Balaban J connectivity index is 2.33. The van der Waals surface area contributed by atoms with E-state index in [-0.39, 0.29) is 0 Å². The van der Waals surface area contributed by atoms with E-state index in [0.29, 0.717) is 5.02 Å². The SMILES string of the molecule is N#CC1(C(O)c2ccc(Cl)c(Br)c2)CCCC1. The lowest BCUT2D eigenvalue weighted by molar-refractivity contribution is 0.0670. The summed E-state index contributed by atoms with van der Waals surface area (Å²) in [5, 5.41) is 20.3. The van der Waals surface area contributed by atoms with E-state index in [0.717, 1.165) is 35.7 Å². The topological polar surface area (TPSA) is 44.0 Å². The van der Waals surface area contributed by atoms with Crippen LogP contribution in [0.2, 0.25) is 5.02 Å². The number of hydrogen-bond acceptors (Lipinski definition) is 2. The van der Waals surface area contributed by atoms with Crippen molar-refractivity contribution in [2.24, 2.45) is 5.41 Å². The van der Waals surface area contributed by atoms with E-state index >= 15 is 0 Å². The maximum Gasteiger partial charge on any atom is 0.0976 e. The van der Waals surface area contributed by atoms with Crippen LogP contribution in [-0.4, -0.2) is 5.11 Å². The second-order valence-electron chi connectivity index (χ2n) is 4.55. The van der Waals surface area contributed by atoms with Crippen molar-refractivity contribution in [3.63, 3.8) is 0 Å². The predicted octanol–water partition coefficient (Wildman–Crippen LogP) is 4.22. The highest BCUT2D eigenvalue weighted by atomic mass is 79.9. The van der Waals surface area contributed by atoms with Gasteiger partial charge in [0, 0.05) is 4.47 Å². The first-order chi connectivity index (χ1) is 8.09. The first-order valence-electron chi connectivity index (χ1n) is 5.63. The average Bonchev–Trinajstić information content (AvgIpc) is 2.81. The minimum atomic E-state index is -0.733. The molecular formula is C13H13BrClNO. The zero-order chi connectivity index (χ0) is 12.5. The summed E-state index contributed by atoms with van der Waals surface area (Å²) in [7, 11) is 0. The maximum atomic E-state index is 10.4. The number of halogens is 2. The summed E-state index contributed by atoms with van der Waals surface area (Å²) in [4.78, 5) is 0. The highest BCUT2D eigenvalue weighted by Gasteiger charge is 2.41. The molecule has 4 heteroatoms. The number of aliphatic hydroxyl groups excluding tert-OH is 1. The second-order valence-corrected chi connectivity index (χ2v) is 5.81. The van der Waals surface area contributed by atoms with Crippen LogP contribution in [0.15, 0.2) is 22.7 Å². The summed E-state index contributed by atoms with van der Waals surface area (Å²) >= 11 is 9.26. The third-order valence-corrected chi connectivity index (χ3v) is 4.72. The van der Waals surface area contributed by atoms with Crippen molar-refractivity contribution in [2.45, 2.75) is 31.8 Å². The van der Waals surface area contributed by atoms with E-state index < -0.39 is 11.5 Å². The van der Waals surface area contributed by atoms with Crippen molar-refractivity contribution in [3.05, 3.63) is 33.3 Å². The largest absolute Gasteiger partial charge is 0.387 e. The van der Waals surface area contributed by atoms with Crippen LogP contribution in [0.3, 0.4) is 0 Å². The van der Waals surface area contributed by atoms with Crippen LogP contribution < -0.4 is 0 Å². The molecule has 0 radical (unpaired) electrons. The molecule has 1 unspecified atom stereocenters. The molecule has 90 valence electrons. The molecule has 0 amide bonds. The summed E-state index contributed by atoms with van der Waals surface area (Å²) < 4.78 is 0.752. The maximum absolute atomic E-state index is 10.4. The Labute approximate surface area is 114 Å². The second kappa shape index (κ2) is 4.97. The third-order valence-electron chi connectivity index (χ3n) is 3.50. The molecule has 2 nitrogen and oxygen atoms in total. The van der Waals surface area contributed by atoms with Gasteiger partial charge < -0.3 is 5.11 Å². The van der Waals surface area contributed by atoms with Crippen molar-refractivity contribution < 1.29 is 5.11 Å².